The summed E-state index contributed by atoms with van der Waals surface area (Å²) in [6.07, 6.45) is 27.6. The number of hydrogen-bond acceptors (Lipinski definition) is 6. The molecule has 2 atom stereocenters. The molecule has 0 radical (unpaired) electrons. The van der Waals surface area contributed by atoms with Crippen LogP contribution in [0.2, 0.25) is 0 Å². The van der Waals surface area contributed by atoms with Gasteiger partial charge in [-0.15, -0.1) is 0 Å². The molecule has 0 aromatic rings. The molecule has 0 aliphatic heterocycles. The Labute approximate surface area is 242 Å². The minimum absolute atomic E-state index is 0.0852. The van der Waals surface area contributed by atoms with E-state index in [2.05, 4.69) is 19.1 Å². The summed E-state index contributed by atoms with van der Waals surface area (Å²) in [4.78, 5) is 12.1. The van der Waals surface area contributed by atoms with Crippen molar-refractivity contribution in [2.45, 2.75) is 129 Å². The SMILES string of the molecule is CCCCCCCC/C=C\CCCCCCCCCCCCOC[C@H](COC)OP(=O)([O-])OCC[N+](C)(C)C. The standard InChI is InChI=1S/C31H64NO6P/c1-6-7-8-9-10-11-12-13-14-15-16-17-18-19-20-21-22-23-24-25-27-36-30-31(29-35-5)38-39(33,34)37-28-26-32(2,3)4/h13-14,31H,6-12,15-30H2,1-5H3/b14-13-/t31-/m0/s1. The Morgan fingerprint density at radius 1 is 0.718 bits per heavy atom. The summed E-state index contributed by atoms with van der Waals surface area (Å²) < 4.78 is 33.6. The van der Waals surface area contributed by atoms with E-state index in [1.807, 2.05) is 21.1 Å². The molecule has 0 aromatic carbocycles. The van der Waals surface area contributed by atoms with Crippen LogP contribution in [0.3, 0.4) is 0 Å². The molecular formula is C31H64NO6P. The van der Waals surface area contributed by atoms with Crippen LogP contribution in [0.1, 0.15) is 122 Å². The predicted molar refractivity (Wildman–Crippen MR) is 162 cm³/mol. The van der Waals surface area contributed by atoms with E-state index in [0.717, 1.165) is 12.8 Å². The highest BCUT2D eigenvalue weighted by Crippen LogP contribution is 2.39. The highest BCUT2D eigenvalue weighted by molar-refractivity contribution is 7.45. The van der Waals surface area contributed by atoms with Crippen molar-refractivity contribution in [2.75, 3.05) is 61.2 Å². The average molecular weight is 578 g/mol. The number of allylic oxidation sites excluding steroid dienone is 2. The molecule has 8 heteroatoms. The van der Waals surface area contributed by atoms with Crippen LogP contribution in [-0.4, -0.2) is 71.8 Å². The van der Waals surface area contributed by atoms with Gasteiger partial charge in [0.1, 0.15) is 19.3 Å². The van der Waals surface area contributed by atoms with Gasteiger partial charge < -0.3 is 27.9 Å². The smallest absolute Gasteiger partial charge is 0.268 e. The monoisotopic (exact) mass is 577 g/mol. The number of quaternary nitrogens is 1. The van der Waals surface area contributed by atoms with Gasteiger partial charge in [-0.2, -0.15) is 0 Å². The van der Waals surface area contributed by atoms with Gasteiger partial charge in [-0.05, 0) is 32.1 Å². The van der Waals surface area contributed by atoms with Crippen molar-refractivity contribution in [3.63, 3.8) is 0 Å². The van der Waals surface area contributed by atoms with E-state index in [1.165, 1.54) is 110 Å². The summed E-state index contributed by atoms with van der Waals surface area (Å²) >= 11 is 0. The van der Waals surface area contributed by atoms with Crippen molar-refractivity contribution >= 4 is 7.82 Å². The molecule has 0 heterocycles. The molecule has 0 aromatic heterocycles. The van der Waals surface area contributed by atoms with Crippen LogP contribution in [0, 0.1) is 0 Å². The van der Waals surface area contributed by atoms with E-state index in [-0.39, 0.29) is 19.8 Å². The van der Waals surface area contributed by atoms with Crippen molar-refractivity contribution in [2.24, 2.45) is 0 Å². The van der Waals surface area contributed by atoms with E-state index in [0.29, 0.717) is 17.6 Å². The van der Waals surface area contributed by atoms with Gasteiger partial charge >= 0.3 is 0 Å². The Bertz CT molecular complexity index is 596. The molecule has 0 saturated heterocycles. The molecule has 234 valence electrons. The molecule has 7 nitrogen and oxygen atoms in total. The fourth-order valence-corrected chi connectivity index (χ4v) is 5.16. The van der Waals surface area contributed by atoms with Gasteiger partial charge in [-0.1, -0.05) is 103 Å². The second-order valence-corrected chi connectivity index (χ2v) is 13.3. The van der Waals surface area contributed by atoms with Crippen molar-refractivity contribution in [3.8, 4) is 0 Å². The van der Waals surface area contributed by atoms with E-state index >= 15 is 0 Å². The summed E-state index contributed by atoms with van der Waals surface area (Å²) in [7, 11) is 3.05. The molecule has 1 unspecified atom stereocenters. The Hall–Kier alpha value is -0.270. The van der Waals surface area contributed by atoms with E-state index in [9.17, 15) is 9.46 Å². The first-order valence-corrected chi connectivity index (χ1v) is 17.3. The summed E-state index contributed by atoms with van der Waals surface area (Å²) in [5, 5.41) is 0. The minimum atomic E-state index is -4.39. The molecular weight excluding hydrogens is 513 g/mol. The number of hydrogen-bond donors (Lipinski definition) is 0. The third-order valence-electron chi connectivity index (χ3n) is 6.75. The highest BCUT2D eigenvalue weighted by atomic mass is 31.2. The van der Waals surface area contributed by atoms with Crippen LogP contribution in [0.4, 0.5) is 0 Å². The van der Waals surface area contributed by atoms with Crippen LogP contribution >= 0.6 is 7.82 Å². The van der Waals surface area contributed by atoms with Crippen molar-refractivity contribution < 1.29 is 32.5 Å². The number of phosphoric acid groups is 1. The van der Waals surface area contributed by atoms with Crippen LogP contribution in [-0.2, 0) is 23.1 Å². The first-order chi connectivity index (χ1) is 18.7. The van der Waals surface area contributed by atoms with Crippen molar-refractivity contribution in [1.82, 2.24) is 0 Å². The number of rotatable bonds is 30. The summed E-state index contributed by atoms with van der Waals surface area (Å²) in [6.45, 7) is 3.84. The molecule has 0 aliphatic carbocycles. The van der Waals surface area contributed by atoms with E-state index in [4.69, 9.17) is 18.5 Å². The summed E-state index contributed by atoms with van der Waals surface area (Å²) in [5.41, 5.74) is 0. The van der Waals surface area contributed by atoms with Gasteiger partial charge in [0.15, 0.2) is 0 Å². The molecule has 0 rings (SSSR count). The normalized spacial score (nSPS) is 14.7. The molecule has 0 aliphatic rings. The van der Waals surface area contributed by atoms with Crippen LogP contribution in [0.15, 0.2) is 12.2 Å². The average Bonchev–Trinajstić information content (AvgIpc) is 2.86. The van der Waals surface area contributed by atoms with Crippen molar-refractivity contribution in [3.05, 3.63) is 12.2 Å². The molecule has 39 heavy (non-hydrogen) atoms. The van der Waals surface area contributed by atoms with Gasteiger partial charge in [0.2, 0.25) is 0 Å². The maximum atomic E-state index is 12.1. The molecule has 0 bridgehead atoms. The zero-order valence-corrected chi connectivity index (χ0v) is 27.2. The third-order valence-corrected chi connectivity index (χ3v) is 7.80. The molecule has 0 fully saturated rings. The number of likely N-dealkylation sites (N-methyl/N-ethyl adjacent to an activating group) is 1. The number of unbranched alkanes of at least 4 members (excludes halogenated alkanes) is 16. The number of ether oxygens (including phenoxy) is 2. The van der Waals surface area contributed by atoms with Gasteiger partial charge in [-0.25, -0.2) is 0 Å². The molecule has 0 amide bonds. The lowest BCUT2D eigenvalue weighted by atomic mass is 10.1. The molecule has 0 N–H and O–H groups in total. The summed E-state index contributed by atoms with van der Waals surface area (Å²) in [6, 6.07) is 0. The number of phosphoric ester groups is 1. The Kier molecular flexibility index (Phi) is 26.4. The van der Waals surface area contributed by atoms with Crippen LogP contribution < -0.4 is 4.89 Å². The van der Waals surface area contributed by atoms with Gasteiger partial charge in [-0.3, -0.25) is 4.57 Å². The maximum Gasteiger partial charge on any atom is 0.268 e. The topological polar surface area (TPSA) is 77.1 Å². The summed E-state index contributed by atoms with van der Waals surface area (Å²) in [5.74, 6) is 0. The third kappa shape index (κ3) is 30.5. The second-order valence-electron chi connectivity index (χ2n) is 11.9. The molecule has 0 spiro atoms. The fraction of sp³-hybridized carbons (Fsp3) is 0.935. The maximum absolute atomic E-state index is 12.1. The first-order valence-electron chi connectivity index (χ1n) is 15.9. The largest absolute Gasteiger partial charge is 0.756 e. The van der Waals surface area contributed by atoms with E-state index in [1.54, 1.807) is 0 Å². The lowest BCUT2D eigenvalue weighted by Crippen LogP contribution is -2.38. The number of methoxy groups -OCH3 is 1. The van der Waals surface area contributed by atoms with Crippen LogP contribution in [0.25, 0.3) is 0 Å². The zero-order valence-electron chi connectivity index (χ0n) is 26.3. The van der Waals surface area contributed by atoms with Gasteiger partial charge in [0.05, 0.1) is 34.4 Å². The van der Waals surface area contributed by atoms with Crippen LogP contribution in [0.5, 0.6) is 0 Å². The van der Waals surface area contributed by atoms with Gasteiger partial charge in [0.25, 0.3) is 7.82 Å². The lowest BCUT2D eigenvalue weighted by Gasteiger charge is -2.29. The molecule has 0 saturated carbocycles. The van der Waals surface area contributed by atoms with Crippen molar-refractivity contribution in [1.29, 1.82) is 0 Å². The second kappa shape index (κ2) is 26.6. The Morgan fingerprint density at radius 2 is 1.21 bits per heavy atom. The number of nitrogens with zero attached hydrogens (tertiary/aromatic N) is 1. The minimum Gasteiger partial charge on any atom is -0.756 e. The Balaban J connectivity index is 3.55. The van der Waals surface area contributed by atoms with E-state index < -0.39 is 13.9 Å². The quantitative estimate of drug-likeness (QED) is 0.0375. The Morgan fingerprint density at radius 3 is 1.69 bits per heavy atom. The zero-order chi connectivity index (χ0) is 29.1. The fourth-order valence-electron chi connectivity index (χ4n) is 4.31. The highest BCUT2D eigenvalue weighted by Gasteiger charge is 2.20. The lowest BCUT2D eigenvalue weighted by molar-refractivity contribution is -0.870. The predicted octanol–water partition coefficient (Wildman–Crippen LogP) is 7.82. The first kappa shape index (κ1) is 38.7. The van der Waals surface area contributed by atoms with Gasteiger partial charge in [0, 0.05) is 13.7 Å².